The molecule has 0 N–H and O–H groups in total. The Bertz CT molecular complexity index is 827. The van der Waals surface area contributed by atoms with Crippen molar-refractivity contribution in [1.29, 1.82) is 5.26 Å². The van der Waals surface area contributed by atoms with Crippen molar-refractivity contribution in [2.75, 3.05) is 35.5 Å². The molecule has 2 aromatic rings. The molecule has 0 radical (unpaired) electrons. The zero-order valence-corrected chi connectivity index (χ0v) is 15.5. The predicted molar refractivity (Wildman–Crippen MR) is 99.1 cm³/mol. The van der Waals surface area contributed by atoms with Crippen molar-refractivity contribution < 1.29 is 23.7 Å². The van der Waals surface area contributed by atoms with Crippen molar-refractivity contribution in [3.63, 3.8) is 0 Å². The molecule has 0 heterocycles. The van der Waals surface area contributed by atoms with E-state index in [0.717, 1.165) is 5.56 Å². The maximum atomic E-state index is 9.63. The highest BCUT2D eigenvalue weighted by atomic mass is 16.5. The van der Waals surface area contributed by atoms with Gasteiger partial charge in [0.05, 0.1) is 47.2 Å². The second kappa shape index (κ2) is 8.67. The zero-order chi connectivity index (χ0) is 19.1. The van der Waals surface area contributed by atoms with Crippen LogP contribution in [0.5, 0.6) is 28.7 Å². The number of benzene rings is 2. The molecular weight excluding hydrogens is 334 g/mol. The molecule has 0 aliphatic heterocycles. The largest absolute Gasteiger partial charge is 0.493 e. The van der Waals surface area contributed by atoms with Gasteiger partial charge in [-0.2, -0.15) is 5.26 Å². The molecule has 0 unspecified atom stereocenters. The van der Waals surface area contributed by atoms with E-state index < -0.39 is 0 Å². The van der Waals surface area contributed by atoms with E-state index in [4.69, 9.17) is 23.7 Å². The van der Waals surface area contributed by atoms with Gasteiger partial charge in [-0.3, -0.25) is 0 Å². The molecule has 26 heavy (non-hydrogen) atoms. The summed E-state index contributed by atoms with van der Waals surface area (Å²) in [5.74, 6) is 2.65. The van der Waals surface area contributed by atoms with E-state index in [0.29, 0.717) is 39.9 Å². The smallest absolute Gasteiger partial charge is 0.203 e. The van der Waals surface area contributed by atoms with E-state index in [1.54, 1.807) is 44.6 Å². The van der Waals surface area contributed by atoms with E-state index in [1.165, 1.54) is 21.3 Å². The number of hydrogen-bond acceptors (Lipinski definition) is 6. The first-order chi connectivity index (χ1) is 12.6. The first-order valence-electron chi connectivity index (χ1n) is 7.76. The normalized spacial score (nSPS) is 10.7. The number of methoxy groups -OCH3 is 5. The summed E-state index contributed by atoms with van der Waals surface area (Å²) in [5, 5.41) is 9.63. The monoisotopic (exact) mass is 355 g/mol. The number of nitriles is 1. The molecule has 0 aromatic heterocycles. The molecule has 6 heteroatoms. The Labute approximate surface area is 153 Å². The van der Waals surface area contributed by atoms with Gasteiger partial charge in [0.15, 0.2) is 23.0 Å². The van der Waals surface area contributed by atoms with Gasteiger partial charge < -0.3 is 23.7 Å². The number of hydrogen-bond donors (Lipinski definition) is 0. The summed E-state index contributed by atoms with van der Waals surface area (Å²) < 4.78 is 26.6. The van der Waals surface area contributed by atoms with Crippen molar-refractivity contribution in [1.82, 2.24) is 0 Å². The SMILES string of the molecule is COc1ccc(/C=C(\C#N)c2cc(OC)c(OC)c(OC)c2)cc1OC. The van der Waals surface area contributed by atoms with E-state index >= 15 is 0 Å². The Hall–Kier alpha value is -3.33. The van der Waals surface area contributed by atoms with Crippen LogP contribution in [0.3, 0.4) is 0 Å². The minimum Gasteiger partial charge on any atom is -0.493 e. The zero-order valence-electron chi connectivity index (χ0n) is 15.5. The fraction of sp³-hybridized carbons (Fsp3) is 0.250. The quantitative estimate of drug-likeness (QED) is 0.556. The average Bonchev–Trinajstić information content (AvgIpc) is 2.70. The second-order valence-electron chi connectivity index (χ2n) is 5.20. The van der Waals surface area contributed by atoms with Gasteiger partial charge >= 0.3 is 0 Å². The van der Waals surface area contributed by atoms with Crippen LogP contribution in [-0.4, -0.2) is 35.5 Å². The van der Waals surface area contributed by atoms with Crippen molar-refractivity contribution >= 4 is 11.6 Å². The molecule has 0 aliphatic carbocycles. The standard InChI is InChI=1S/C20H21NO5/c1-22-16-7-6-13(9-17(16)23-2)8-15(12-21)14-10-18(24-3)20(26-5)19(11-14)25-4/h6-11H,1-5H3/b15-8+. The van der Waals surface area contributed by atoms with E-state index in [2.05, 4.69) is 6.07 Å². The lowest BCUT2D eigenvalue weighted by molar-refractivity contribution is 0.324. The molecular formula is C20H21NO5. The van der Waals surface area contributed by atoms with Crippen LogP contribution in [0.4, 0.5) is 0 Å². The molecule has 0 saturated heterocycles. The van der Waals surface area contributed by atoms with Crippen LogP contribution >= 0.6 is 0 Å². The van der Waals surface area contributed by atoms with E-state index in [1.807, 2.05) is 6.07 Å². The lowest BCUT2D eigenvalue weighted by atomic mass is 10.0. The number of nitrogens with zero attached hydrogens (tertiary/aromatic N) is 1. The van der Waals surface area contributed by atoms with Gasteiger partial charge in [0, 0.05) is 0 Å². The lowest BCUT2D eigenvalue weighted by Gasteiger charge is -2.14. The second-order valence-corrected chi connectivity index (χ2v) is 5.20. The van der Waals surface area contributed by atoms with Crippen LogP contribution in [0.25, 0.3) is 11.6 Å². The third-order valence-corrected chi connectivity index (χ3v) is 3.81. The topological polar surface area (TPSA) is 69.9 Å². The Kier molecular flexibility index (Phi) is 6.34. The van der Waals surface area contributed by atoms with E-state index in [9.17, 15) is 5.26 Å². The van der Waals surface area contributed by atoms with Gasteiger partial charge in [0.1, 0.15) is 0 Å². The maximum Gasteiger partial charge on any atom is 0.203 e. The van der Waals surface area contributed by atoms with Crippen LogP contribution in [0.15, 0.2) is 30.3 Å². The van der Waals surface area contributed by atoms with Crippen LogP contribution < -0.4 is 23.7 Å². The molecule has 0 saturated carbocycles. The molecule has 2 rings (SSSR count). The summed E-state index contributed by atoms with van der Waals surface area (Å²) in [7, 11) is 7.74. The molecule has 0 fully saturated rings. The van der Waals surface area contributed by atoms with Crippen molar-refractivity contribution in [3.05, 3.63) is 41.5 Å². The fourth-order valence-electron chi connectivity index (χ4n) is 2.53. The highest BCUT2D eigenvalue weighted by molar-refractivity contribution is 5.91. The van der Waals surface area contributed by atoms with Crippen LogP contribution in [-0.2, 0) is 0 Å². The molecule has 0 bridgehead atoms. The van der Waals surface area contributed by atoms with Gasteiger partial charge in [-0.15, -0.1) is 0 Å². The predicted octanol–water partition coefficient (Wildman–Crippen LogP) is 3.79. The summed E-state index contributed by atoms with van der Waals surface area (Å²) in [6.45, 7) is 0. The van der Waals surface area contributed by atoms with Gasteiger partial charge in [-0.1, -0.05) is 6.07 Å². The summed E-state index contributed by atoms with van der Waals surface area (Å²) in [5.41, 5.74) is 1.89. The minimum atomic E-state index is 0.441. The Morgan fingerprint density at radius 3 is 1.81 bits per heavy atom. The van der Waals surface area contributed by atoms with Gasteiger partial charge in [0.2, 0.25) is 5.75 Å². The molecule has 0 atom stereocenters. The summed E-state index contributed by atoms with van der Waals surface area (Å²) in [6, 6.07) is 11.1. The van der Waals surface area contributed by atoms with Crippen LogP contribution in [0.2, 0.25) is 0 Å². The number of allylic oxidation sites excluding steroid dienone is 1. The van der Waals surface area contributed by atoms with Crippen LogP contribution in [0.1, 0.15) is 11.1 Å². The first-order valence-corrected chi connectivity index (χ1v) is 7.76. The molecule has 136 valence electrons. The lowest BCUT2D eigenvalue weighted by Crippen LogP contribution is -1.97. The number of rotatable bonds is 7. The first kappa shape index (κ1) is 19.0. The Morgan fingerprint density at radius 1 is 0.769 bits per heavy atom. The third-order valence-electron chi connectivity index (χ3n) is 3.81. The minimum absolute atomic E-state index is 0.441. The highest BCUT2D eigenvalue weighted by Gasteiger charge is 2.15. The molecule has 6 nitrogen and oxygen atoms in total. The summed E-state index contributed by atoms with van der Waals surface area (Å²) >= 11 is 0. The van der Waals surface area contributed by atoms with Gasteiger partial charge in [-0.25, -0.2) is 0 Å². The highest BCUT2D eigenvalue weighted by Crippen LogP contribution is 2.40. The molecule has 0 amide bonds. The average molecular weight is 355 g/mol. The fourth-order valence-corrected chi connectivity index (χ4v) is 2.53. The third kappa shape index (κ3) is 3.83. The van der Waals surface area contributed by atoms with Crippen molar-refractivity contribution in [2.45, 2.75) is 0 Å². The molecule has 2 aromatic carbocycles. The summed E-state index contributed by atoms with van der Waals surface area (Å²) in [6.07, 6.45) is 1.75. The van der Waals surface area contributed by atoms with Gasteiger partial charge in [-0.05, 0) is 41.5 Å². The Morgan fingerprint density at radius 2 is 1.35 bits per heavy atom. The Balaban J connectivity index is 2.55. The van der Waals surface area contributed by atoms with Crippen molar-refractivity contribution in [3.8, 4) is 34.8 Å². The molecule has 0 aliphatic rings. The number of ether oxygens (including phenoxy) is 5. The van der Waals surface area contributed by atoms with Crippen LogP contribution in [0, 0.1) is 11.3 Å². The van der Waals surface area contributed by atoms with Crippen molar-refractivity contribution in [2.24, 2.45) is 0 Å². The molecule has 0 spiro atoms. The van der Waals surface area contributed by atoms with Gasteiger partial charge in [0.25, 0.3) is 0 Å². The maximum absolute atomic E-state index is 9.63. The van der Waals surface area contributed by atoms with E-state index in [-0.39, 0.29) is 0 Å². The summed E-state index contributed by atoms with van der Waals surface area (Å²) in [4.78, 5) is 0.